The molecule has 0 aliphatic rings. The summed E-state index contributed by atoms with van der Waals surface area (Å²) in [6, 6.07) is 87.3. The van der Waals surface area contributed by atoms with E-state index < -0.39 is 0 Å². The third-order valence-electron chi connectivity index (χ3n) is 11.8. The average Bonchev–Trinajstić information content (AvgIpc) is 3.45. The summed E-state index contributed by atoms with van der Waals surface area (Å²) in [4.78, 5) is 2.26. The van der Waals surface area contributed by atoms with Crippen molar-refractivity contribution in [3.8, 4) is 67.5 Å². The van der Waals surface area contributed by atoms with Crippen molar-refractivity contribution >= 4 is 51.0 Å². The lowest BCUT2D eigenvalue weighted by Crippen LogP contribution is -2.09. The van der Waals surface area contributed by atoms with E-state index in [9.17, 15) is 0 Å². The first-order chi connectivity index (χ1) is 34.9. The van der Waals surface area contributed by atoms with Gasteiger partial charge in [0.1, 0.15) is 23.0 Å². The number of benzene rings is 10. The molecule has 0 unspecified atom stereocenters. The Morgan fingerprint density at radius 3 is 0.817 bits per heavy atom. The van der Waals surface area contributed by atoms with Gasteiger partial charge in [0.15, 0.2) is 0 Å². The third kappa shape index (κ3) is 13.5. The van der Waals surface area contributed by atoms with Crippen molar-refractivity contribution in [1.29, 1.82) is 0 Å². The van der Waals surface area contributed by atoms with Crippen molar-refractivity contribution in [3.63, 3.8) is 0 Å². The average molecular weight is 1040 g/mol. The highest BCUT2D eigenvalue weighted by atomic mass is 127. The SMILES string of the molecule is COc1ccc(-c2ccc(I)cc2)cc1.COc1ccc(-c2ccc(N(c3ccc(OC)cc3)c3ccc(-c4ccccc4)cc3)cc2)cc1.COc1ccc(Nc2ccc(-c3ccccc3)cc2)cc1. The van der Waals surface area contributed by atoms with Crippen LogP contribution in [0.3, 0.4) is 0 Å². The van der Waals surface area contributed by atoms with Gasteiger partial charge in [0.05, 0.1) is 28.4 Å². The number of methoxy groups -OCH3 is 4. The van der Waals surface area contributed by atoms with Gasteiger partial charge in [0.25, 0.3) is 0 Å². The lowest BCUT2D eigenvalue weighted by Gasteiger charge is -2.26. The molecule has 0 aromatic heterocycles. The highest BCUT2D eigenvalue weighted by Gasteiger charge is 2.14. The summed E-state index contributed by atoms with van der Waals surface area (Å²) in [6.07, 6.45) is 0. The Morgan fingerprint density at radius 2 is 0.493 bits per heavy atom. The van der Waals surface area contributed by atoms with E-state index in [1.54, 1.807) is 28.4 Å². The second kappa shape index (κ2) is 24.8. The molecule has 10 rings (SSSR count). The maximum absolute atomic E-state index is 5.38. The Hall–Kier alpha value is -8.27. The van der Waals surface area contributed by atoms with Gasteiger partial charge in [0, 0.05) is 32.0 Å². The van der Waals surface area contributed by atoms with Crippen molar-refractivity contribution < 1.29 is 18.9 Å². The second-order valence-corrected chi connectivity index (χ2v) is 17.5. The van der Waals surface area contributed by atoms with Gasteiger partial charge in [0.2, 0.25) is 0 Å². The summed E-state index contributed by atoms with van der Waals surface area (Å²) in [5.41, 5.74) is 15.0. The Morgan fingerprint density at radius 1 is 0.268 bits per heavy atom. The summed E-state index contributed by atoms with van der Waals surface area (Å²) in [5.74, 6) is 3.45. The Bertz CT molecular complexity index is 3130. The molecule has 0 saturated carbocycles. The molecular formula is C64H55IN2O4. The van der Waals surface area contributed by atoms with E-state index in [2.05, 4.69) is 215 Å². The van der Waals surface area contributed by atoms with Gasteiger partial charge in [-0.3, -0.25) is 0 Å². The quantitative estimate of drug-likeness (QED) is 0.116. The van der Waals surface area contributed by atoms with Gasteiger partial charge in [-0.05, 0) is 188 Å². The highest BCUT2D eigenvalue weighted by molar-refractivity contribution is 14.1. The first-order valence-corrected chi connectivity index (χ1v) is 24.3. The molecule has 0 spiro atoms. The van der Waals surface area contributed by atoms with Gasteiger partial charge < -0.3 is 29.2 Å². The van der Waals surface area contributed by atoms with E-state index in [0.29, 0.717) is 0 Å². The lowest BCUT2D eigenvalue weighted by atomic mass is 10.0. The maximum atomic E-state index is 5.38. The van der Waals surface area contributed by atoms with Crippen LogP contribution in [0.4, 0.5) is 28.4 Å². The van der Waals surface area contributed by atoms with Crippen molar-refractivity contribution in [1.82, 2.24) is 0 Å². The fourth-order valence-electron chi connectivity index (χ4n) is 7.84. The van der Waals surface area contributed by atoms with Crippen LogP contribution in [0.2, 0.25) is 0 Å². The summed E-state index contributed by atoms with van der Waals surface area (Å²) in [6.45, 7) is 0. The summed E-state index contributed by atoms with van der Waals surface area (Å²) in [5, 5.41) is 3.38. The minimum Gasteiger partial charge on any atom is -0.497 e. The standard InChI is InChI=1S/C32H27NO2.C19H17NO.C13H11IO/c1-34-31-20-12-27(13-21-31)26-10-16-29(17-11-26)33(30-18-22-32(35-2)23-19-30)28-14-8-25(9-15-28)24-6-4-3-5-7-24;1-21-19-13-11-18(12-14-19)20-17-9-7-16(8-10-17)15-5-3-2-4-6-15;1-15-13-8-4-11(5-9-13)10-2-6-12(14)7-3-10/h3-23H,1-2H3;2-14,20H,1H3;2-9H,1H3. The second-order valence-electron chi connectivity index (χ2n) is 16.3. The van der Waals surface area contributed by atoms with E-state index >= 15 is 0 Å². The minimum atomic E-state index is 0.836. The summed E-state index contributed by atoms with van der Waals surface area (Å²) < 4.78 is 22.2. The van der Waals surface area contributed by atoms with Crippen LogP contribution in [0.15, 0.2) is 255 Å². The molecular weight excluding hydrogens is 988 g/mol. The normalized spacial score (nSPS) is 10.3. The number of nitrogens with zero attached hydrogens (tertiary/aromatic N) is 1. The van der Waals surface area contributed by atoms with Gasteiger partial charge in [-0.15, -0.1) is 0 Å². The molecule has 10 aromatic carbocycles. The number of rotatable bonds is 13. The number of ether oxygens (including phenoxy) is 4. The third-order valence-corrected chi connectivity index (χ3v) is 12.5. The minimum absolute atomic E-state index is 0.836. The first-order valence-electron chi connectivity index (χ1n) is 23.2. The molecule has 0 aliphatic carbocycles. The molecule has 71 heavy (non-hydrogen) atoms. The van der Waals surface area contributed by atoms with Crippen LogP contribution in [0, 0.1) is 3.57 Å². The molecule has 0 heterocycles. The van der Waals surface area contributed by atoms with Crippen LogP contribution in [-0.2, 0) is 0 Å². The van der Waals surface area contributed by atoms with Gasteiger partial charge in [-0.25, -0.2) is 0 Å². The fourth-order valence-corrected chi connectivity index (χ4v) is 8.20. The monoisotopic (exact) mass is 1040 g/mol. The molecule has 0 radical (unpaired) electrons. The molecule has 0 bridgehead atoms. The predicted molar refractivity (Wildman–Crippen MR) is 304 cm³/mol. The Kier molecular flexibility index (Phi) is 17.2. The predicted octanol–water partition coefficient (Wildman–Crippen LogP) is 17.6. The number of anilines is 5. The van der Waals surface area contributed by atoms with E-state index in [1.807, 2.05) is 72.8 Å². The molecule has 0 fully saturated rings. The number of hydrogen-bond acceptors (Lipinski definition) is 6. The lowest BCUT2D eigenvalue weighted by molar-refractivity contribution is 0.414. The smallest absolute Gasteiger partial charge is 0.119 e. The van der Waals surface area contributed by atoms with Crippen molar-refractivity contribution in [3.05, 3.63) is 258 Å². The zero-order valence-corrected chi connectivity index (χ0v) is 42.4. The fraction of sp³-hybridized carbons (Fsp3) is 0.0625. The molecule has 6 nitrogen and oxygen atoms in total. The molecule has 0 saturated heterocycles. The molecule has 352 valence electrons. The van der Waals surface area contributed by atoms with E-state index in [-0.39, 0.29) is 0 Å². The van der Waals surface area contributed by atoms with Crippen LogP contribution in [0.5, 0.6) is 23.0 Å². The molecule has 0 atom stereocenters. The largest absolute Gasteiger partial charge is 0.497 e. The van der Waals surface area contributed by atoms with Gasteiger partial charge in [-0.1, -0.05) is 133 Å². The highest BCUT2D eigenvalue weighted by Crippen LogP contribution is 2.38. The van der Waals surface area contributed by atoms with Crippen LogP contribution in [-0.4, -0.2) is 28.4 Å². The van der Waals surface area contributed by atoms with Crippen molar-refractivity contribution in [2.24, 2.45) is 0 Å². The molecule has 1 N–H and O–H groups in total. The van der Waals surface area contributed by atoms with E-state index in [1.165, 1.54) is 37.0 Å². The van der Waals surface area contributed by atoms with Gasteiger partial charge in [-0.2, -0.15) is 0 Å². The summed E-state index contributed by atoms with van der Waals surface area (Å²) >= 11 is 2.31. The zero-order valence-electron chi connectivity index (χ0n) is 40.2. The Balaban J connectivity index is 0.000000159. The molecule has 0 aliphatic heterocycles. The van der Waals surface area contributed by atoms with Crippen LogP contribution in [0.25, 0.3) is 44.5 Å². The Labute approximate surface area is 431 Å². The van der Waals surface area contributed by atoms with Crippen molar-refractivity contribution in [2.45, 2.75) is 0 Å². The number of nitrogens with one attached hydrogen (secondary N) is 1. The number of halogens is 1. The van der Waals surface area contributed by atoms with Gasteiger partial charge >= 0.3 is 0 Å². The molecule has 0 amide bonds. The van der Waals surface area contributed by atoms with Crippen molar-refractivity contribution in [2.75, 3.05) is 38.7 Å². The van der Waals surface area contributed by atoms with E-state index in [0.717, 1.165) is 62.6 Å². The summed E-state index contributed by atoms with van der Waals surface area (Å²) in [7, 11) is 6.72. The molecule has 7 heteroatoms. The first kappa shape index (κ1) is 49.2. The van der Waals surface area contributed by atoms with Crippen LogP contribution < -0.4 is 29.2 Å². The van der Waals surface area contributed by atoms with Crippen LogP contribution >= 0.6 is 22.6 Å². The number of hydrogen-bond donors (Lipinski definition) is 1. The van der Waals surface area contributed by atoms with E-state index in [4.69, 9.17) is 18.9 Å². The topological polar surface area (TPSA) is 52.2 Å². The molecule has 10 aromatic rings. The maximum Gasteiger partial charge on any atom is 0.119 e. The zero-order chi connectivity index (χ0) is 49.2. The van der Waals surface area contributed by atoms with Crippen LogP contribution in [0.1, 0.15) is 0 Å².